The van der Waals surface area contributed by atoms with Crippen LogP contribution in [-0.2, 0) is 4.79 Å². The van der Waals surface area contributed by atoms with Crippen LogP contribution in [0, 0.1) is 0 Å². The molecule has 0 spiro atoms. The minimum absolute atomic E-state index is 0.0593. The average molecular weight is 313 g/mol. The van der Waals surface area contributed by atoms with Crippen LogP contribution in [0.2, 0.25) is 10.0 Å². The number of imide groups is 1. The number of nitrogens with one attached hydrogen (secondary N) is 1. The standard InChI is InChI=1S/C13H10Cl2N2O3/c1-2-3-17-12(19)10(16-13(17)20)6-7-4-8(14)11(18)9(15)5-7/h2,4-6,18H,1,3H2,(H,16,20)/b10-6+. The highest BCUT2D eigenvalue weighted by atomic mass is 35.5. The molecule has 3 amide bonds. The largest absolute Gasteiger partial charge is 0.505 e. The third-order valence-corrected chi connectivity index (χ3v) is 3.20. The molecule has 0 saturated carbocycles. The van der Waals surface area contributed by atoms with E-state index in [2.05, 4.69) is 11.9 Å². The molecule has 7 heteroatoms. The smallest absolute Gasteiger partial charge is 0.329 e. The third kappa shape index (κ3) is 2.64. The van der Waals surface area contributed by atoms with Crippen LogP contribution < -0.4 is 5.32 Å². The molecule has 0 bridgehead atoms. The molecule has 2 N–H and O–H groups in total. The van der Waals surface area contributed by atoms with Crippen LogP contribution in [0.15, 0.2) is 30.5 Å². The van der Waals surface area contributed by atoms with E-state index in [9.17, 15) is 14.7 Å². The molecule has 104 valence electrons. The number of phenols is 1. The second-order valence-corrected chi connectivity index (χ2v) is 4.84. The SMILES string of the molecule is C=CCN1C(=O)N/C(=C/c2cc(Cl)c(O)c(Cl)c2)C1=O. The van der Waals surface area contributed by atoms with Gasteiger partial charge in [-0.05, 0) is 23.8 Å². The van der Waals surface area contributed by atoms with Crippen LogP contribution in [0.3, 0.4) is 0 Å². The highest BCUT2D eigenvalue weighted by molar-refractivity contribution is 6.37. The number of halogens is 2. The first-order valence-electron chi connectivity index (χ1n) is 5.57. The Bertz CT molecular complexity index is 617. The van der Waals surface area contributed by atoms with Crippen molar-refractivity contribution in [3.63, 3.8) is 0 Å². The van der Waals surface area contributed by atoms with Gasteiger partial charge in [0.2, 0.25) is 0 Å². The van der Waals surface area contributed by atoms with Crippen LogP contribution >= 0.6 is 23.2 Å². The molecule has 20 heavy (non-hydrogen) atoms. The van der Waals surface area contributed by atoms with E-state index in [4.69, 9.17) is 23.2 Å². The minimum atomic E-state index is -0.517. The second kappa shape index (κ2) is 5.56. The maximum atomic E-state index is 12.0. The van der Waals surface area contributed by atoms with Gasteiger partial charge in [-0.2, -0.15) is 0 Å². The molecule has 1 aliphatic rings. The van der Waals surface area contributed by atoms with Gasteiger partial charge in [-0.1, -0.05) is 29.3 Å². The summed E-state index contributed by atoms with van der Waals surface area (Å²) in [5.74, 6) is -0.694. The van der Waals surface area contributed by atoms with Crippen molar-refractivity contribution in [3.05, 3.63) is 46.1 Å². The van der Waals surface area contributed by atoms with E-state index in [-0.39, 0.29) is 28.0 Å². The van der Waals surface area contributed by atoms with Crippen molar-refractivity contribution in [3.8, 4) is 5.75 Å². The number of aromatic hydroxyl groups is 1. The quantitative estimate of drug-likeness (QED) is 0.512. The van der Waals surface area contributed by atoms with Crippen molar-refractivity contribution < 1.29 is 14.7 Å². The number of urea groups is 1. The predicted octanol–water partition coefficient (Wildman–Crippen LogP) is 2.78. The lowest BCUT2D eigenvalue weighted by molar-refractivity contribution is -0.122. The summed E-state index contributed by atoms with van der Waals surface area (Å²) in [5, 5.41) is 12.0. The second-order valence-electron chi connectivity index (χ2n) is 4.03. The Kier molecular flexibility index (Phi) is 4.01. The highest BCUT2D eigenvalue weighted by Gasteiger charge is 2.32. The third-order valence-electron chi connectivity index (χ3n) is 2.62. The number of carbonyl (C=O) groups excluding carboxylic acids is 2. The number of nitrogens with zero attached hydrogens (tertiary/aromatic N) is 1. The van der Waals surface area contributed by atoms with Crippen LogP contribution in [-0.4, -0.2) is 28.5 Å². The molecule has 0 aliphatic carbocycles. The van der Waals surface area contributed by atoms with Crippen LogP contribution in [0.4, 0.5) is 4.79 Å². The van der Waals surface area contributed by atoms with Crippen molar-refractivity contribution in [1.82, 2.24) is 10.2 Å². The van der Waals surface area contributed by atoms with Gasteiger partial charge in [0, 0.05) is 6.54 Å². The Morgan fingerprint density at radius 1 is 1.30 bits per heavy atom. The highest BCUT2D eigenvalue weighted by Crippen LogP contribution is 2.33. The fraction of sp³-hybridized carbons (Fsp3) is 0.0769. The fourth-order valence-electron chi connectivity index (χ4n) is 1.70. The van der Waals surface area contributed by atoms with Crippen LogP contribution in [0.25, 0.3) is 6.08 Å². The Morgan fingerprint density at radius 3 is 2.45 bits per heavy atom. The van der Waals surface area contributed by atoms with E-state index >= 15 is 0 Å². The lowest BCUT2D eigenvalue weighted by atomic mass is 10.2. The van der Waals surface area contributed by atoms with Crippen molar-refractivity contribution >= 4 is 41.2 Å². The molecule has 0 radical (unpaired) electrons. The van der Waals surface area contributed by atoms with E-state index < -0.39 is 11.9 Å². The van der Waals surface area contributed by atoms with Gasteiger partial charge in [0.05, 0.1) is 10.0 Å². The summed E-state index contributed by atoms with van der Waals surface area (Å²) in [6.07, 6.45) is 2.88. The Hall–Kier alpha value is -1.98. The number of carbonyl (C=O) groups is 2. The molecule has 1 fully saturated rings. The Labute approximate surface area is 125 Å². The molecule has 0 atom stereocenters. The summed E-state index contributed by atoms with van der Waals surface area (Å²) in [5.41, 5.74) is 0.594. The summed E-state index contributed by atoms with van der Waals surface area (Å²) < 4.78 is 0. The maximum absolute atomic E-state index is 12.0. The summed E-state index contributed by atoms with van der Waals surface area (Å²) in [7, 11) is 0. The number of hydrogen-bond donors (Lipinski definition) is 2. The Morgan fingerprint density at radius 2 is 1.90 bits per heavy atom. The Balaban J connectivity index is 2.35. The van der Waals surface area contributed by atoms with E-state index in [1.54, 1.807) is 0 Å². The maximum Gasteiger partial charge on any atom is 0.329 e. The first-order chi connectivity index (χ1) is 9.43. The van der Waals surface area contributed by atoms with Crippen molar-refractivity contribution in [2.24, 2.45) is 0 Å². The van der Waals surface area contributed by atoms with Gasteiger partial charge < -0.3 is 10.4 Å². The molecule has 1 saturated heterocycles. The van der Waals surface area contributed by atoms with Crippen molar-refractivity contribution in [2.75, 3.05) is 6.54 Å². The molecule has 1 aliphatic heterocycles. The first kappa shape index (κ1) is 14.4. The summed E-state index contributed by atoms with van der Waals surface area (Å²) in [6.45, 7) is 3.60. The number of rotatable bonds is 3. The van der Waals surface area contributed by atoms with E-state index in [0.717, 1.165) is 4.90 Å². The number of amides is 3. The van der Waals surface area contributed by atoms with E-state index in [0.29, 0.717) is 5.56 Å². The lowest BCUT2D eigenvalue weighted by Gasteiger charge is -2.07. The average Bonchev–Trinajstić information content (AvgIpc) is 2.64. The van der Waals surface area contributed by atoms with Gasteiger partial charge in [-0.3, -0.25) is 9.69 Å². The molecular weight excluding hydrogens is 303 g/mol. The van der Waals surface area contributed by atoms with Gasteiger partial charge >= 0.3 is 6.03 Å². The zero-order valence-electron chi connectivity index (χ0n) is 10.2. The van der Waals surface area contributed by atoms with Gasteiger partial charge in [0.1, 0.15) is 5.70 Å². The van der Waals surface area contributed by atoms with E-state index in [1.807, 2.05) is 0 Å². The monoisotopic (exact) mass is 312 g/mol. The van der Waals surface area contributed by atoms with E-state index in [1.165, 1.54) is 24.3 Å². The predicted molar refractivity (Wildman–Crippen MR) is 76.5 cm³/mol. The molecule has 5 nitrogen and oxygen atoms in total. The van der Waals surface area contributed by atoms with Gasteiger partial charge in [0.15, 0.2) is 5.75 Å². The summed E-state index contributed by atoms with van der Waals surface area (Å²) in [4.78, 5) is 24.6. The molecule has 1 aromatic carbocycles. The van der Waals surface area contributed by atoms with Crippen molar-refractivity contribution in [2.45, 2.75) is 0 Å². The molecule has 1 heterocycles. The van der Waals surface area contributed by atoms with Gasteiger partial charge in [-0.25, -0.2) is 4.79 Å². The fourth-order valence-corrected chi connectivity index (χ4v) is 2.21. The topological polar surface area (TPSA) is 69.6 Å². The number of hydrogen-bond acceptors (Lipinski definition) is 3. The molecule has 0 aromatic heterocycles. The zero-order chi connectivity index (χ0) is 14.9. The first-order valence-corrected chi connectivity index (χ1v) is 6.33. The normalized spacial score (nSPS) is 16.7. The van der Waals surface area contributed by atoms with Gasteiger partial charge in [-0.15, -0.1) is 6.58 Å². The zero-order valence-corrected chi connectivity index (χ0v) is 11.7. The van der Waals surface area contributed by atoms with Crippen LogP contribution in [0.1, 0.15) is 5.56 Å². The van der Waals surface area contributed by atoms with Crippen LogP contribution in [0.5, 0.6) is 5.75 Å². The molecule has 2 rings (SSSR count). The number of phenolic OH excluding ortho intramolecular Hbond substituents is 1. The van der Waals surface area contributed by atoms with Crippen molar-refractivity contribution in [1.29, 1.82) is 0 Å². The molecule has 0 unspecified atom stereocenters. The lowest BCUT2D eigenvalue weighted by Crippen LogP contribution is -2.30. The number of benzene rings is 1. The summed E-state index contributed by atoms with van der Waals surface area (Å²) in [6, 6.07) is 2.36. The molecule has 1 aromatic rings. The van der Waals surface area contributed by atoms with Gasteiger partial charge in [0.25, 0.3) is 5.91 Å². The molecular formula is C13H10Cl2N2O3. The summed E-state index contributed by atoms with van der Waals surface area (Å²) >= 11 is 11.6. The minimum Gasteiger partial charge on any atom is -0.505 e.